The van der Waals surface area contributed by atoms with E-state index in [2.05, 4.69) is 21.8 Å². The number of nitrogens with zero attached hydrogens (tertiary/aromatic N) is 2. The Labute approximate surface area is 155 Å². The van der Waals surface area contributed by atoms with Crippen LogP contribution in [0.2, 0.25) is 0 Å². The van der Waals surface area contributed by atoms with Gasteiger partial charge in [0, 0.05) is 41.4 Å². The zero-order valence-electron chi connectivity index (χ0n) is 14.4. The van der Waals surface area contributed by atoms with E-state index in [1.54, 1.807) is 30.0 Å². The van der Waals surface area contributed by atoms with Crippen molar-refractivity contribution in [1.82, 2.24) is 15.4 Å². The average Bonchev–Trinajstić information content (AvgIpc) is 3.50. The van der Waals surface area contributed by atoms with Gasteiger partial charge < -0.3 is 5.11 Å². The second kappa shape index (κ2) is 7.16. The molecule has 0 aliphatic heterocycles. The molecule has 2 aromatic heterocycles. The minimum absolute atomic E-state index is 0.200. The number of rotatable bonds is 3. The summed E-state index contributed by atoms with van der Waals surface area (Å²) in [6.45, 7) is 0.200. The van der Waals surface area contributed by atoms with Crippen LogP contribution in [0.4, 0.5) is 0 Å². The second-order valence-corrected chi connectivity index (χ2v) is 6.52. The Morgan fingerprint density at radius 1 is 1.26 bits per heavy atom. The smallest absolute Gasteiger partial charge is 0.275 e. The Bertz CT molecular complexity index is 1070. The first-order valence-electron chi connectivity index (χ1n) is 8.61. The fourth-order valence-electron chi connectivity index (χ4n) is 2.99. The molecule has 1 aromatic carbocycles. The van der Waals surface area contributed by atoms with Crippen molar-refractivity contribution >= 4 is 16.8 Å². The molecule has 0 spiro atoms. The summed E-state index contributed by atoms with van der Waals surface area (Å²) in [5.74, 6) is 6.32. The molecule has 2 heterocycles. The second-order valence-electron chi connectivity index (χ2n) is 6.52. The number of nitrogens with one attached hydrogen (secondary N) is 1. The quantitative estimate of drug-likeness (QED) is 0.379. The minimum Gasteiger partial charge on any atom is -0.396 e. The van der Waals surface area contributed by atoms with Crippen molar-refractivity contribution in [3.63, 3.8) is 0 Å². The summed E-state index contributed by atoms with van der Waals surface area (Å²) in [5.41, 5.74) is 4.94. The first-order chi connectivity index (χ1) is 13.2. The maximum absolute atomic E-state index is 12.0. The molecule has 6 heteroatoms. The van der Waals surface area contributed by atoms with E-state index in [4.69, 9.17) is 10.3 Å². The van der Waals surface area contributed by atoms with E-state index in [0.29, 0.717) is 34.0 Å². The number of aliphatic hydroxyl groups is 1. The topological polar surface area (TPSA) is 95.3 Å². The first kappa shape index (κ1) is 17.2. The number of aliphatic hydroxyl groups excluding tert-OH is 1. The monoisotopic (exact) mass is 359 g/mol. The van der Waals surface area contributed by atoms with Gasteiger partial charge in [-0.1, -0.05) is 24.0 Å². The first-order valence-corrected chi connectivity index (χ1v) is 8.61. The summed E-state index contributed by atoms with van der Waals surface area (Å²) in [5, 5.41) is 18.7. The summed E-state index contributed by atoms with van der Waals surface area (Å²) >= 11 is 0. The number of fused-ring (bicyclic) bond motifs is 1. The van der Waals surface area contributed by atoms with Crippen LogP contribution in [-0.2, 0) is 0 Å². The summed E-state index contributed by atoms with van der Waals surface area (Å²) in [6.07, 6.45) is 4.12. The molecule has 1 aliphatic carbocycles. The highest BCUT2D eigenvalue weighted by molar-refractivity contribution is 6.06. The van der Waals surface area contributed by atoms with Gasteiger partial charge >= 0.3 is 0 Å². The lowest BCUT2D eigenvalue weighted by molar-refractivity contribution is 0.0708. The van der Waals surface area contributed by atoms with Crippen molar-refractivity contribution in [3.05, 3.63) is 59.9 Å². The Kier molecular flexibility index (Phi) is 4.55. The molecule has 1 fully saturated rings. The third kappa shape index (κ3) is 3.51. The van der Waals surface area contributed by atoms with Crippen LogP contribution in [0.15, 0.2) is 48.8 Å². The lowest BCUT2D eigenvalue weighted by Gasteiger charge is -2.08. The lowest BCUT2D eigenvalue weighted by Crippen LogP contribution is -2.19. The molecule has 0 unspecified atom stereocenters. The van der Waals surface area contributed by atoms with Crippen LogP contribution in [-0.4, -0.2) is 32.8 Å². The number of benzene rings is 1. The summed E-state index contributed by atoms with van der Waals surface area (Å²) in [7, 11) is 0. The van der Waals surface area contributed by atoms with Gasteiger partial charge in [-0.15, -0.1) is 0 Å². The number of carbonyl (C=O) groups is 1. The molecular weight excluding hydrogens is 342 g/mol. The largest absolute Gasteiger partial charge is 0.396 e. The zero-order chi connectivity index (χ0) is 18.8. The summed E-state index contributed by atoms with van der Waals surface area (Å²) in [4.78, 5) is 20.6. The highest BCUT2D eigenvalue weighted by Gasteiger charge is 2.34. The molecule has 1 saturated carbocycles. The van der Waals surface area contributed by atoms with Crippen LogP contribution in [0.5, 0.6) is 0 Å². The molecular formula is C21H17N3O3. The van der Waals surface area contributed by atoms with Gasteiger partial charge in [0.25, 0.3) is 5.91 Å². The number of pyridine rings is 2. The van der Waals surface area contributed by atoms with Crippen LogP contribution in [0.3, 0.4) is 0 Å². The predicted molar refractivity (Wildman–Crippen MR) is 99.8 cm³/mol. The van der Waals surface area contributed by atoms with Gasteiger partial charge in [0.1, 0.15) is 0 Å². The fourth-order valence-corrected chi connectivity index (χ4v) is 2.99. The van der Waals surface area contributed by atoms with Crippen molar-refractivity contribution in [1.29, 1.82) is 0 Å². The van der Waals surface area contributed by atoms with E-state index in [9.17, 15) is 4.79 Å². The van der Waals surface area contributed by atoms with Crippen LogP contribution in [0.25, 0.3) is 22.2 Å². The molecule has 3 N–H and O–H groups in total. The maximum atomic E-state index is 12.0. The number of carbonyl (C=O) groups excluding carboxylic acids is 1. The summed E-state index contributed by atoms with van der Waals surface area (Å²) in [6, 6.07) is 11.0. The van der Waals surface area contributed by atoms with Gasteiger partial charge in [-0.2, -0.15) is 0 Å². The SMILES string of the molecule is O=C(NO)c1cc(-c2ccc(C#C[C@@H]3C[C@H]3CO)cc2)nc2ccncc12. The van der Waals surface area contributed by atoms with Gasteiger partial charge in [0.2, 0.25) is 0 Å². The molecule has 1 amide bonds. The van der Waals surface area contributed by atoms with E-state index in [1.807, 2.05) is 24.3 Å². The number of hydrogen-bond donors (Lipinski definition) is 3. The lowest BCUT2D eigenvalue weighted by atomic mass is 10.0. The van der Waals surface area contributed by atoms with Crippen molar-refractivity contribution in [2.24, 2.45) is 11.8 Å². The standard InChI is InChI=1S/C21H17N3O3/c25-12-16-9-15(16)6-3-13-1-4-14(5-2-13)20-10-17(21(26)24-27)18-11-22-8-7-19(18)23-20/h1-2,4-5,7-8,10-11,15-16,25,27H,9,12H2,(H,24,26)/t15-,16+/m1/s1. The van der Waals surface area contributed by atoms with E-state index < -0.39 is 5.91 Å². The molecule has 0 bridgehead atoms. The molecule has 6 nitrogen and oxygen atoms in total. The normalized spacial score (nSPS) is 17.9. The predicted octanol–water partition coefficient (Wildman–Crippen LogP) is 2.40. The molecule has 134 valence electrons. The molecule has 27 heavy (non-hydrogen) atoms. The highest BCUT2D eigenvalue weighted by atomic mass is 16.5. The molecule has 1 aliphatic rings. The number of amides is 1. The number of hydrogen-bond acceptors (Lipinski definition) is 5. The molecule has 0 saturated heterocycles. The van der Waals surface area contributed by atoms with Crippen LogP contribution in [0, 0.1) is 23.7 Å². The van der Waals surface area contributed by atoms with Crippen LogP contribution in [0.1, 0.15) is 22.3 Å². The van der Waals surface area contributed by atoms with Gasteiger partial charge in [-0.25, -0.2) is 10.5 Å². The third-order valence-corrected chi connectivity index (χ3v) is 4.70. The highest BCUT2D eigenvalue weighted by Crippen LogP contribution is 2.37. The molecule has 4 rings (SSSR count). The van der Waals surface area contributed by atoms with E-state index in [1.165, 1.54) is 0 Å². The van der Waals surface area contributed by atoms with E-state index in [0.717, 1.165) is 17.5 Å². The number of hydroxylamine groups is 1. The average molecular weight is 359 g/mol. The van der Waals surface area contributed by atoms with Crippen LogP contribution >= 0.6 is 0 Å². The molecule has 0 radical (unpaired) electrons. The zero-order valence-corrected chi connectivity index (χ0v) is 14.4. The van der Waals surface area contributed by atoms with Crippen molar-refractivity contribution in [3.8, 4) is 23.1 Å². The van der Waals surface area contributed by atoms with Gasteiger partial charge in [-0.3, -0.25) is 15.0 Å². The Morgan fingerprint density at radius 3 is 2.78 bits per heavy atom. The Morgan fingerprint density at radius 2 is 2.07 bits per heavy atom. The maximum Gasteiger partial charge on any atom is 0.275 e. The van der Waals surface area contributed by atoms with Crippen molar-refractivity contribution in [2.45, 2.75) is 6.42 Å². The van der Waals surface area contributed by atoms with Gasteiger partial charge in [0.05, 0.1) is 16.8 Å². The fraction of sp³-hybridized carbons (Fsp3) is 0.190. The van der Waals surface area contributed by atoms with E-state index >= 15 is 0 Å². The van der Waals surface area contributed by atoms with Crippen molar-refractivity contribution in [2.75, 3.05) is 6.61 Å². The van der Waals surface area contributed by atoms with Crippen molar-refractivity contribution < 1.29 is 15.1 Å². The minimum atomic E-state index is -0.609. The van der Waals surface area contributed by atoms with E-state index in [-0.39, 0.29) is 6.61 Å². The third-order valence-electron chi connectivity index (χ3n) is 4.70. The Hall–Kier alpha value is -3.27. The molecule has 3 aromatic rings. The number of aromatic nitrogens is 2. The molecule has 2 atom stereocenters. The summed E-state index contributed by atoms with van der Waals surface area (Å²) < 4.78 is 0. The van der Waals surface area contributed by atoms with Crippen LogP contribution < -0.4 is 5.48 Å². The Balaban J connectivity index is 1.67. The van der Waals surface area contributed by atoms with Gasteiger partial charge in [0.15, 0.2) is 0 Å². The van der Waals surface area contributed by atoms with Gasteiger partial charge in [-0.05, 0) is 36.6 Å².